The van der Waals surface area contributed by atoms with Crippen LogP contribution < -0.4 is 5.32 Å². The van der Waals surface area contributed by atoms with Gasteiger partial charge < -0.3 is 15.0 Å². The highest BCUT2D eigenvalue weighted by Crippen LogP contribution is 2.32. The SMILES string of the molecule is CC(C)c1ccc(NC(=O)C(C2CCCC2)N2CCN(C(=O)OCc3ccccc3)CC2)cc1. The van der Waals surface area contributed by atoms with Crippen molar-refractivity contribution in [2.24, 2.45) is 5.92 Å². The number of rotatable bonds is 7. The molecule has 2 aliphatic rings. The number of ether oxygens (including phenoxy) is 1. The Kier molecular flexibility index (Phi) is 8.22. The molecule has 2 amide bonds. The highest BCUT2D eigenvalue weighted by atomic mass is 16.6. The summed E-state index contributed by atoms with van der Waals surface area (Å²) in [4.78, 5) is 30.0. The summed E-state index contributed by atoms with van der Waals surface area (Å²) in [5.74, 6) is 0.905. The van der Waals surface area contributed by atoms with E-state index in [-0.39, 0.29) is 24.6 Å². The number of nitrogens with zero attached hydrogens (tertiary/aromatic N) is 2. The molecule has 1 saturated carbocycles. The number of anilines is 1. The third-order valence-corrected chi connectivity index (χ3v) is 7.13. The summed E-state index contributed by atoms with van der Waals surface area (Å²) in [7, 11) is 0. The van der Waals surface area contributed by atoms with Gasteiger partial charge in [0.1, 0.15) is 6.61 Å². The van der Waals surface area contributed by atoms with E-state index in [1.165, 1.54) is 18.4 Å². The zero-order chi connectivity index (χ0) is 23.9. The van der Waals surface area contributed by atoms with E-state index in [1.807, 2.05) is 42.5 Å². The Morgan fingerprint density at radius 2 is 1.59 bits per heavy atom. The van der Waals surface area contributed by atoms with Gasteiger partial charge in [0.2, 0.25) is 5.91 Å². The Balaban J connectivity index is 1.34. The van der Waals surface area contributed by atoms with Crippen LogP contribution in [0.15, 0.2) is 54.6 Å². The number of piperazine rings is 1. The second kappa shape index (κ2) is 11.5. The third-order valence-electron chi connectivity index (χ3n) is 7.13. The third kappa shape index (κ3) is 6.17. The monoisotopic (exact) mass is 463 g/mol. The molecule has 2 aromatic carbocycles. The first-order valence-corrected chi connectivity index (χ1v) is 12.6. The van der Waals surface area contributed by atoms with Crippen molar-refractivity contribution in [2.45, 2.75) is 58.1 Å². The molecule has 34 heavy (non-hydrogen) atoms. The molecule has 1 atom stereocenters. The minimum Gasteiger partial charge on any atom is -0.445 e. The van der Waals surface area contributed by atoms with E-state index in [0.29, 0.717) is 38.0 Å². The maximum Gasteiger partial charge on any atom is 0.410 e. The lowest BCUT2D eigenvalue weighted by Crippen LogP contribution is -2.57. The van der Waals surface area contributed by atoms with Crippen molar-refractivity contribution in [3.8, 4) is 0 Å². The van der Waals surface area contributed by atoms with Crippen LogP contribution in [0.4, 0.5) is 10.5 Å². The van der Waals surface area contributed by atoms with Gasteiger partial charge in [0.25, 0.3) is 0 Å². The summed E-state index contributed by atoms with van der Waals surface area (Å²) in [6.45, 7) is 7.13. The van der Waals surface area contributed by atoms with Gasteiger partial charge in [-0.05, 0) is 47.9 Å². The van der Waals surface area contributed by atoms with Crippen LogP contribution in [0.3, 0.4) is 0 Å². The fraction of sp³-hybridized carbons (Fsp3) is 0.500. The summed E-state index contributed by atoms with van der Waals surface area (Å²) in [6.07, 6.45) is 4.26. The molecule has 1 unspecified atom stereocenters. The van der Waals surface area contributed by atoms with Crippen LogP contribution in [0.2, 0.25) is 0 Å². The molecule has 0 bridgehead atoms. The Morgan fingerprint density at radius 3 is 2.21 bits per heavy atom. The fourth-order valence-electron chi connectivity index (χ4n) is 5.11. The van der Waals surface area contributed by atoms with E-state index in [2.05, 4.69) is 36.2 Å². The number of amides is 2. The van der Waals surface area contributed by atoms with Crippen LogP contribution in [0.5, 0.6) is 0 Å². The van der Waals surface area contributed by atoms with Crippen molar-refractivity contribution in [1.29, 1.82) is 0 Å². The highest BCUT2D eigenvalue weighted by molar-refractivity contribution is 5.95. The second-order valence-corrected chi connectivity index (χ2v) is 9.82. The molecule has 1 heterocycles. The second-order valence-electron chi connectivity index (χ2n) is 9.82. The first kappa shape index (κ1) is 24.3. The van der Waals surface area contributed by atoms with Crippen LogP contribution in [0.25, 0.3) is 0 Å². The van der Waals surface area contributed by atoms with Crippen molar-refractivity contribution in [2.75, 3.05) is 31.5 Å². The van der Waals surface area contributed by atoms with Gasteiger partial charge in [0.15, 0.2) is 0 Å². The standard InChI is InChI=1S/C28H37N3O3/c1-21(2)23-12-14-25(15-13-23)29-27(32)26(24-10-6-7-11-24)30-16-18-31(19-17-30)28(33)34-20-22-8-4-3-5-9-22/h3-5,8-9,12-15,21,24,26H,6-7,10-11,16-20H2,1-2H3,(H,29,32). The Hall–Kier alpha value is -2.86. The topological polar surface area (TPSA) is 61.9 Å². The first-order valence-electron chi connectivity index (χ1n) is 12.6. The molecule has 1 aliphatic carbocycles. The molecule has 0 radical (unpaired) electrons. The highest BCUT2D eigenvalue weighted by Gasteiger charge is 2.37. The molecule has 1 N–H and O–H groups in total. The van der Waals surface area contributed by atoms with Gasteiger partial charge in [-0.15, -0.1) is 0 Å². The van der Waals surface area contributed by atoms with Crippen molar-refractivity contribution in [3.05, 3.63) is 65.7 Å². The van der Waals surface area contributed by atoms with Crippen LogP contribution in [0.1, 0.15) is 56.6 Å². The molecule has 1 saturated heterocycles. The zero-order valence-corrected chi connectivity index (χ0v) is 20.4. The number of carbonyl (C=O) groups excluding carboxylic acids is 2. The van der Waals surface area contributed by atoms with Crippen molar-refractivity contribution in [1.82, 2.24) is 9.80 Å². The van der Waals surface area contributed by atoms with E-state index in [4.69, 9.17) is 4.74 Å². The zero-order valence-electron chi connectivity index (χ0n) is 20.4. The molecule has 0 spiro atoms. The van der Waals surface area contributed by atoms with E-state index >= 15 is 0 Å². The Morgan fingerprint density at radius 1 is 0.941 bits per heavy atom. The van der Waals surface area contributed by atoms with Gasteiger partial charge in [-0.3, -0.25) is 9.69 Å². The number of hydrogen-bond donors (Lipinski definition) is 1. The average Bonchev–Trinajstić information content (AvgIpc) is 3.38. The normalized spacial score (nSPS) is 18.1. The van der Waals surface area contributed by atoms with Gasteiger partial charge in [-0.2, -0.15) is 0 Å². The van der Waals surface area contributed by atoms with Crippen LogP contribution in [-0.2, 0) is 16.1 Å². The Labute approximate surface area is 203 Å². The molecule has 6 heteroatoms. The minimum absolute atomic E-state index is 0.0734. The number of carbonyl (C=O) groups is 2. The summed E-state index contributed by atoms with van der Waals surface area (Å²) < 4.78 is 5.51. The van der Waals surface area contributed by atoms with E-state index in [1.54, 1.807) is 4.90 Å². The molecule has 4 rings (SSSR count). The minimum atomic E-state index is -0.282. The predicted octanol–water partition coefficient (Wildman–Crippen LogP) is 5.26. The predicted molar refractivity (Wildman–Crippen MR) is 135 cm³/mol. The maximum atomic E-state index is 13.4. The van der Waals surface area contributed by atoms with Crippen molar-refractivity contribution in [3.63, 3.8) is 0 Å². The molecular formula is C28H37N3O3. The summed E-state index contributed by atoms with van der Waals surface area (Å²) in [5.41, 5.74) is 3.09. The number of hydrogen-bond acceptors (Lipinski definition) is 4. The van der Waals surface area contributed by atoms with E-state index in [0.717, 1.165) is 24.1 Å². The number of nitrogens with one attached hydrogen (secondary N) is 1. The molecule has 2 fully saturated rings. The van der Waals surface area contributed by atoms with Gasteiger partial charge in [0, 0.05) is 31.9 Å². The first-order chi connectivity index (χ1) is 16.5. The molecular weight excluding hydrogens is 426 g/mol. The number of benzene rings is 2. The quantitative estimate of drug-likeness (QED) is 0.608. The molecule has 2 aromatic rings. The largest absolute Gasteiger partial charge is 0.445 e. The average molecular weight is 464 g/mol. The van der Waals surface area contributed by atoms with Crippen LogP contribution >= 0.6 is 0 Å². The summed E-state index contributed by atoms with van der Waals surface area (Å²) in [5, 5.41) is 3.17. The smallest absolute Gasteiger partial charge is 0.410 e. The van der Waals surface area contributed by atoms with Gasteiger partial charge >= 0.3 is 6.09 Å². The lowest BCUT2D eigenvalue weighted by molar-refractivity contribution is -0.124. The van der Waals surface area contributed by atoms with Gasteiger partial charge in [-0.1, -0.05) is 69.2 Å². The van der Waals surface area contributed by atoms with Crippen LogP contribution in [0, 0.1) is 5.92 Å². The summed E-state index contributed by atoms with van der Waals surface area (Å²) >= 11 is 0. The van der Waals surface area contributed by atoms with E-state index in [9.17, 15) is 9.59 Å². The van der Waals surface area contributed by atoms with Crippen LogP contribution in [-0.4, -0.2) is 54.0 Å². The molecule has 0 aromatic heterocycles. The van der Waals surface area contributed by atoms with Gasteiger partial charge in [-0.25, -0.2) is 4.79 Å². The lowest BCUT2D eigenvalue weighted by atomic mass is 9.94. The van der Waals surface area contributed by atoms with Crippen molar-refractivity contribution < 1.29 is 14.3 Å². The molecule has 1 aliphatic heterocycles. The van der Waals surface area contributed by atoms with Gasteiger partial charge in [0.05, 0.1) is 6.04 Å². The molecule has 182 valence electrons. The maximum absolute atomic E-state index is 13.4. The summed E-state index contributed by atoms with van der Waals surface area (Å²) in [6, 6.07) is 17.7. The lowest BCUT2D eigenvalue weighted by Gasteiger charge is -2.40. The Bertz CT molecular complexity index is 931. The van der Waals surface area contributed by atoms with Crippen molar-refractivity contribution >= 4 is 17.7 Å². The molecule has 6 nitrogen and oxygen atoms in total. The fourth-order valence-corrected chi connectivity index (χ4v) is 5.11. The van der Waals surface area contributed by atoms with E-state index < -0.39 is 0 Å².